The smallest absolute Gasteiger partial charge is 0.253 e. The van der Waals surface area contributed by atoms with Gasteiger partial charge >= 0.3 is 0 Å². The number of aromatic nitrogens is 2. The van der Waals surface area contributed by atoms with Crippen molar-refractivity contribution in [2.24, 2.45) is 0 Å². The highest BCUT2D eigenvalue weighted by molar-refractivity contribution is 5.93. The van der Waals surface area contributed by atoms with Gasteiger partial charge in [0.2, 0.25) is 0 Å². The second kappa shape index (κ2) is 5.55. The molecule has 0 bridgehead atoms. The number of nitrogens with zero attached hydrogens (tertiary/aromatic N) is 2. The van der Waals surface area contributed by atoms with Crippen LogP contribution in [-0.4, -0.2) is 33.4 Å². The third kappa shape index (κ3) is 3.27. The van der Waals surface area contributed by atoms with Gasteiger partial charge < -0.3 is 10.4 Å². The molecule has 88 valence electrons. The molecule has 0 atom stereocenters. The van der Waals surface area contributed by atoms with Gasteiger partial charge in [0.15, 0.2) is 0 Å². The van der Waals surface area contributed by atoms with Crippen LogP contribution in [0.5, 0.6) is 0 Å². The van der Waals surface area contributed by atoms with E-state index in [0.717, 1.165) is 0 Å². The zero-order valence-corrected chi connectivity index (χ0v) is 9.60. The maximum Gasteiger partial charge on any atom is 0.253 e. The molecule has 0 unspecified atom stereocenters. The van der Waals surface area contributed by atoms with E-state index in [-0.39, 0.29) is 12.5 Å². The summed E-state index contributed by atoms with van der Waals surface area (Å²) in [6.07, 6.45) is 4.07. The number of carbonyl (C=O) groups is 1. The lowest BCUT2D eigenvalue weighted by Gasteiger charge is -2.25. The Morgan fingerprint density at radius 1 is 1.44 bits per heavy atom. The second-order valence-corrected chi connectivity index (χ2v) is 3.75. The number of amides is 1. The van der Waals surface area contributed by atoms with Gasteiger partial charge in [0.05, 0.1) is 23.6 Å². The highest BCUT2D eigenvalue weighted by atomic mass is 16.3. The standard InChI is InChI=1S/C11H17N3O2/c1-3-11(16,4-2)8-12-10(15)9-5-6-13-14-7-9/h5-7,16H,3-4,8H2,1-2H3,(H,12,15). The molecule has 1 aromatic heterocycles. The van der Waals surface area contributed by atoms with E-state index >= 15 is 0 Å². The number of nitrogens with one attached hydrogen (secondary N) is 1. The van der Waals surface area contributed by atoms with Crippen molar-refractivity contribution in [3.05, 3.63) is 24.0 Å². The summed E-state index contributed by atoms with van der Waals surface area (Å²) in [7, 11) is 0. The quantitative estimate of drug-likeness (QED) is 0.772. The highest BCUT2D eigenvalue weighted by Gasteiger charge is 2.22. The molecular weight excluding hydrogens is 206 g/mol. The number of rotatable bonds is 5. The third-order valence-electron chi connectivity index (χ3n) is 2.74. The summed E-state index contributed by atoms with van der Waals surface area (Å²) in [5, 5.41) is 19.9. The maximum absolute atomic E-state index is 11.6. The Morgan fingerprint density at radius 3 is 2.62 bits per heavy atom. The molecule has 1 rings (SSSR count). The first-order chi connectivity index (χ1) is 7.61. The molecule has 0 aliphatic carbocycles. The molecule has 1 aromatic rings. The van der Waals surface area contributed by atoms with Crippen molar-refractivity contribution in [1.82, 2.24) is 15.5 Å². The number of hydrogen-bond donors (Lipinski definition) is 2. The predicted octanol–water partition coefficient (Wildman–Crippen LogP) is 0.757. The molecule has 1 amide bonds. The normalized spacial score (nSPS) is 11.2. The van der Waals surface area contributed by atoms with Gasteiger partial charge in [-0.05, 0) is 18.9 Å². The molecule has 0 fully saturated rings. The topological polar surface area (TPSA) is 75.1 Å². The molecule has 2 N–H and O–H groups in total. The van der Waals surface area contributed by atoms with E-state index in [2.05, 4.69) is 15.5 Å². The van der Waals surface area contributed by atoms with Crippen LogP contribution in [0.15, 0.2) is 18.5 Å². The maximum atomic E-state index is 11.6. The van der Waals surface area contributed by atoms with Crippen LogP contribution in [0.25, 0.3) is 0 Å². The minimum atomic E-state index is -0.823. The van der Waals surface area contributed by atoms with Gasteiger partial charge in [-0.25, -0.2) is 0 Å². The van der Waals surface area contributed by atoms with Gasteiger partial charge in [0, 0.05) is 6.54 Å². The summed E-state index contributed by atoms with van der Waals surface area (Å²) in [6.45, 7) is 4.04. The zero-order valence-electron chi connectivity index (χ0n) is 9.60. The predicted molar refractivity (Wildman–Crippen MR) is 59.9 cm³/mol. The average molecular weight is 223 g/mol. The average Bonchev–Trinajstić information content (AvgIpc) is 2.36. The van der Waals surface area contributed by atoms with Gasteiger partial charge in [-0.1, -0.05) is 13.8 Å². The van der Waals surface area contributed by atoms with Crippen LogP contribution in [0.1, 0.15) is 37.0 Å². The zero-order chi connectivity index (χ0) is 12.0. The first-order valence-electron chi connectivity index (χ1n) is 5.38. The molecule has 5 heteroatoms. The lowest BCUT2D eigenvalue weighted by atomic mass is 9.97. The Balaban J connectivity index is 2.54. The Bertz CT molecular complexity index is 336. The van der Waals surface area contributed by atoms with Crippen LogP contribution in [0.3, 0.4) is 0 Å². The lowest BCUT2D eigenvalue weighted by molar-refractivity contribution is 0.0314. The first-order valence-corrected chi connectivity index (χ1v) is 5.38. The van der Waals surface area contributed by atoms with Crippen LogP contribution in [0.2, 0.25) is 0 Å². The van der Waals surface area contributed by atoms with Crippen molar-refractivity contribution >= 4 is 5.91 Å². The number of carbonyl (C=O) groups excluding carboxylic acids is 1. The van der Waals surface area contributed by atoms with Crippen molar-refractivity contribution in [3.8, 4) is 0 Å². The largest absolute Gasteiger partial charge is 0.388 e. The van der Waals surface area contributed by atoms with E-state index < -0.39 is 5.60 Å². The number of aliphatic hydroxyl groups is 1. The Hall–Kier alpha value is -1.49. The van der Waals surface area contributed by atoms with Crippen LogP contribution < -0.4 is 5.32 Å². The van der Waals surface area contributed by atoms with E-state index in [0.29, 0.717) is 18.4 Å². The van der Waals surface area contributed by atoms with E-state index in [1.807, 2.05) is 13.8 Å². The Kier molecular flexibility index (Phi) is 4.37. The van der Waals surface area contributed by atoms with E-state index in [1.54, 1.807) is 6.07 Å². The minimum Gasteiger partial charge on any atom is -0.388 e. The van der Waals surface area contributed by atoms with Crippen molar-refractivity contribution in [3.63, 3.8) is 0 Å². The fourth-order valence-electron chi connectivity index (χ4n) is 1.27. The van der Waals surface area contributed by atoms with Crippen molar-refractivity contribution in [1.29, 1.82) is 0 Å². The molecule has 1 heterocycles. The molecule has 0 aliphatic heterocycles. The summed E-state index contributed by atoms with van der Waals surface area (Å²) in [4.78, 5) is 11.6. The van der Waals surface area contributed by atoms with Gasteiger partial charge in [-0.3, -0.25) is 4.79 Å². The minimum absolute atomic E-state index is 0.241. The van der Waals surface area contributed by atoms with E-state index in [4.69, 9.17) is 0 Å². The molecule has 16 heavy (non-hydrogen) atoms. The third-order valence-corrected chi connectivity index (χ3v) is 2.74. The van der Waals surface area contributed by atoms with Crippen LogP contribution in [0.4, 0.5) is 0 Å². The fraction of sp³-hybridized carbons (Fsp3) is 0.545. The van der Waals surface area contributed by atoms with E-state index in [1.165, 1.54) is 12.4 Å². The van der Waals surface area contributed by atoms with Gasteiger partial charge in [-0.2, -0.15) is 10.2 Å². The Labute approximate surface area is 94.9 Å². The van der Waals surface area contributed by atoms with E-state index in [9.17, 15) is 9.90 Å². The van der Waals surface area contributed by atoms with Crippen LogP contribution >= 0.6 is 0 Å². The molecule has 0 spiro atoms. The Morgan fingerprint density at radius 2 is 2.12 bits per heavy atom. The lowest BCUT2D eigenvalue weighted by Crippen LogP contribution is -2.42. The SMILES string of the molecule is CCC(O)(CC)CNC(=O)c1ccnnc1. The summed E-state index contributed by atoms with van der Waals surface area (Å²) in [5.74, 6) is -0.241. The van der Waals surface area contributed by atoms with Crippen molar-refractivity contribution < 1.29 is 9.90 Å². The van der Waals surface area contributed by atoms with Gasteiger partial charge in [0.1, 0.15) is 0 Å². The molecule has 0 saturated carbocycles. The molecule has 0 saturated heterocycles. The molecular formula is C11H17N3O2. The molecule has 0 radical (unpaired) electrons. The molecule has 5 nitrogen and oxygen atoms in total. The highest BCUT2D eigenvalue weighted by Crippen LogP contribution is 2.12. The molecule has 0 aliphatic rings. The molecule has 0 aromatic carbocycles. The fourth-order valence-corrected chi connectivity index (χ4v) is 1.27. The van der Waals surface area contributed by atoms with Crippen molar-refractivity contribution in [2.45, 2.75) is 32.3 Å². The summed E-state index contributed by atoms with van der Waals surface area (Å²) in [5.41, 5.74) is -0.375. The van der Waals surface area contributed by atoms with Crippen molar-refractivity contribution in [2.75, 3.05) is 6.54 Å². The van der Waals surface area contributed by atoms with Gasteiger partial charge in [-0.15, -0.1) is 0 Å². The summed E-state index contributed by atoms with van der Waals surface area (Å²) < 4.78 is 0. The first kappa shape index (κ1) is 12.6. The second-order valence-electron chi connectivity index (χ2n) is 3.75. The van der Waals surface area contributed by atoms with Crippen LogP contribution in [0, 0.1) is 0 Å². The van der Waals surface area contributed by atoms with Crippen LogP contribution in [-0.2, 0) is 0 Å². The summed E-state index contributed by atoms with van der Waals surface area (Å²) >= 11 is 0. The monoisotopic (exact) mass is 223 g/mol. The summed E-state index contributed by atoms with van der Waals surface area (Å²) in [6, 6.07) is 1.58. The van der Waals surface area contributed by atoms with Gasteiger partial charge in [0.25, 0.3) is 5.91 Å². The number of hydrogen-bond acceptors (Lipinski definition) is 4.